The first-order valence-corrected chi connectivity index (χ1v) is 10.2. The van der Waals surface area contributed by atoms with E-state index in [0.29, 0.717) is 34.4 Å². The number of hydrogen-bond acceptors (Lipinski definition) is 5. The van der Waals surface area contributed by atoms with E-state index in [-0.39, 0.29) is 0 Å². The monoisotopic (exact) mass is 432 g/mol. The summed E-state index contributed by atoms with van der Waals surface area (Å²) < 4.78 is 13.8. The van der Waals surface area contributed by atoms with Gasteiger partial charge in [-0.2, -0.15) is 5.10 Å². The van der Waals surface area contributed by atoms with E-state index in [1.807, 2.05) is 24.3 Å². The van der Waals surface area contributed by atoms with Gasteiger partial charge in [-0.3, -0.25) is 5.10 Å². The fraction of sp³-hybridized carbons (Fsp3) is 0.333. The van der Waals surface area contributed by atoms with Crippen LogP contribution in [0, 0.1) is 11.7 Å². The van der Waals surface area contributed by atoms with E-state index in [2.05, 4.69) is 41.6 Å². The molecule has 0 saturated heterocycles. The normalized spacial score (nSPS) is 10.8. The molecule has 0 aliphatic carbocycles. The molecular formula is C21H25ClN4O2S. The lowest BCUT2D eigenvalue weighted by Gasteiger charge is -2.15. The Kier molecular flexibility index (Phi) is 7.17. The Morgan fingerprint density at radius 3 is 2.66 bits per heavy atom. The van der Waals surface area contributed by atoms with E-state index in [1.165, 1.54) is 5.56 Å². The van der Waals surface area contributed by atoms with Gasteiger partial charge in [0.25, 0.3) is 0 Å². The van der Waals surface area contributed by atoms with E-state index in [0.717, 1.165) is 29.8 Å². The SMILES string of the molecule is CCCc1n[nH]c(=S)n1NCc1cc(Cl)c(OCc2ccc(C)cc2)c(OC)c1. The third kappa shape index (κ3) is 5.31. The minimum atomic E-state index is 0.415. The standard InChI is InChI=1S/C21H25ClN4O2S/c1-4-5-19-24-25-21(29)26(19)23-12-16-10-17(22)20(18(11-16)27-3)28-13-15-8-6-14(2)7-9-15/h6-11,23H,4-5,12-13H2,1-3H3,(H,25,29). The highest BCUT2D eigenvalue weighted by Crippen LogP contribution is 2.37. The molecule has 0 bridgehead atoms. The van der Waals surface area contributed by atoms with Crippen LogP contribution < -0.4 is 14.9 Å². The van der Waals surface area contributed by atoms with Gasteiger partial charge in [0, 0.05) is 6.42 Å². The molecule has 1 aromatic heterocycles. The van der Waals surface area contributed by atoms with Gasteiger partial charge in [-0.1, -0.05) is 48.4 Å². The fourth-order valence-corrected chi connectivity index (χ4v) is 3.41. The Morgan fingerprint density at radius 2 is 1.97 bits per heavy atom. The van der Waals surface area contributed by atoms with Crippen LogP contribution in [0.2, 0.25) is 5.02 Å². The fourth-order valence-electron chi connectivity index (χ4n) is 2.91. The van der Waals surface area contributed by atoms with Crippen molar-refractivity contribution < 1.29 is 9.47 Å². The van der Waals surface area contributed by atoms with Crippen molar-refractivity contribution in [2.24, 2.45) is 0 Å². The summed E-state index contributed by atoms with van der Waals surface area (Å²) in [5.41, 5.74) is 6.51. The number of H-pyrrole nitrogens is 1. The number of nitrogens with zero attached hydrogens (tertiary/aromatic N) is 2. The molecule has 0 unspecified atom stereocenters. The van der Waals surface area contributed by atoms with E-state index in [4.69, 9.17) is 33.3 Å². The summed E-state index contributed by atoms with van der Waals surface area (Å²) in [6, 6.07) is 12.0. The molecule has 1 heterocycles. The van der Waals surface area contributed by atoms with Gasteiger partial charge in [-0.05, 0) is 48.8 Å². The van der Waals surface area contributed by atoms with E-state index in [9.17, 15) is 0 Å². The molecule has 0 aliphatic heterocycles. The van der Waals surface area contributed by atoms with Crippen molar-refractivity contribution in [3.8, 4) is 11.5 Å². The average Bonchev–Trinajstić information content (AvgIpc) is 3.06. The minimum absolute atomic E-state index is 0.415. The van der Waals surface area contributed by atoms with E-state index < -0.39 is 0 Å². The van der Waals surface area contributed by atoms with E-state index in [1.54, 1.807) is 11.8 Å². The Morgan fingerprint density at radius 1 is 1.21 bits per heavy atom. The first-order valence-electron chi connectivity index (χ1n) is 9.46. The number of nitrogens with one attached hydrogen (secondary N) is 2. The molecule has 0 amide bonds. The molecular weight excluding hydrogens is 408 g/mol. The van der Waals surface area contributed by atoms with Crippen molar-refractivity contribution in [3.05, 3.63) is 68.7 Å². The van der Waals surface area contributed by atoms with Gasteiger partial charge in [0.1, 0.15) is 6.61 Å². The van der Waals surface area contributed by atoms with Crippen LogP contribution in [0.5, 0.6) is 11.5 Å². The smallest absolute Gasteiger partial charge is 0.214 e. The van der Waals surface area contributed by atoms with Crippen LogP contribution in [0.25, 0.3) is 0 Å². The molecule has 2 N–H and O–H groups in total. The zero-order valence-corrected chi connectivity index (χ0v) is 18.4. The number of aromatic amines is 1. The molecule has 0 radical (unpaired) electrons. The highest BCUT2D eigenvalue weighted by atomic mass is 35.5. The maximum absolute atomic E-state index is 6.50. The number of aryl methyl sites for hydroxylation is 2. The molecule has 3 rings (SSSR count). The molecule has 8 heteroatoms. The van der Waals surface area contributed by atoms with Gasteiger partial charge < -0.3 is 14.9 Å². The second-order valence-electron chi connectivity index (χ2n) is 6.75. The van der Waals surface area contributed by atoms with Crippen LogP contribution in [-0.2, 0) is 19.6 Å². The molecule has 0 aliphatic rings. The van der Waals surface area contributed by atoms with Crippen molar-refractivity contribution in [3.63, 3.8) is 0 Å². The average molecular weight is 433 g/mol. The van der Waals surface area contributed by atoms with Gasteiger partial charge in [0.15, 0.2) is 17.3 Å². The van der Waals surface area contributed by atoms with Crippen LogP contribution in [0.4, 0.5) is 0 Å². The number of aromatic nitrogens is 3. The minimum Gasteiger partial charge on any atom is -0.493 e. The number of halogens is 1. The number of methoxy groups -OCH3 is 1. The van der Waals surface area contributed by atoms with Crippen molar-refractivity contribution in [1.82, 2.24) is 14.9 Å². The molecule has 29 heavy (non-hydrogen) atoms. The van der Waals surface area contributed by atoms with Crippen molar-refractivity contribution in [2.45, 2.75) is 39.8 Å². The van der Waals surface area contributed by atoms with Gasteiger partial charge in [-0.15, -0.1) is 0 Å². The summed E-state index contributed by atoms with van der Waals surface area (Å²) in [4.78, 5) is 0. The Hall–Kier alpha value is -2.51. The molecule has 0 saturated carbocycles. The summed E-state index contributed by atoms with van der Waals surface area (Å²) in [5.74, 6) is 1.99. The van der Waals surface area contributed by atoms with Gasteiger partial charge >= 0.3 is 0 Å². The second-order valence-corrected chi connectivity index (χ2v) is 7.54. The first-order chi connectivity index (χ1) is 14.0. The molecule has 6 nitrogen and oxygen atoms in total. The third-order valence-electron chi connectivity index (χ3n) is 4.45. The highest BCUT2D eigenvalue weighted by Gasteiger charge is 2.13. The topological polar surface area (TPSA) is 64.1 Å². The summed E-state index contributed by atoms with van der Waals surface area (Å²) in [7, 11) is 1.60. The lowest BCUT2D eigenvalue weighted by molar-refractivity contribution is 0.284. The zero-order valence-electron chi connectivity index (χ0n) is 16.8. The number of ether oxygens (including phenoxy) is 2. The molecule has 0 fully saturated rings. The van der Waals surface area contributed by atoms with Gasteiger partial charge in [0.05, 0.1) is 18.7 Å². The number of hydrogen-bond donors (Lipinski definition) is 2. The number of benzene rings is 2. The maximum Gasteiger partial charge on any atom is 0.214 e. The van der Waals surface area contributed by atoms with Crippen LogP contribution in [0.3, 0.4) is 0 Å². The van der Waals surface area contributed by atoms with Crippen LogP contribution in [0.15, 0.2) is 36.4 Å². The van der Waals surface area contributed by atoms with Crippen molar-refractivity contribution in [2.75, 3.05) is 12.5 Å². The Balaban J connectivity index is 1.73. The van der Waals surface area contributed by atoms with Crippen LogP contribution in [-0.4, -0.2) is 22.0 Å². The van der Waals surface area contributed by atoms with Crippen molar-refractivity contribution >= 4 is 23.8 Å². The maximum atomic E-state index is 6.50. The molecule has 3 aromatic rings. The third-order valence-corrected chi connectivity index (χ3v) is 5.00. The van der Waals surface area contributed by atoms with Crippen LogP contribution in [0.1, 0.15) is 35.9 Å². The first kappa shape index (κ1) is 21.2. The molecule has 2 aromatic carbocycles. The summed E-state index contributed by atoms with van der Waals surface area (Å²) in [5, 5.41) is 7.57. The van der Waals surface area contributed by atoms with Gasteiger partial charge in [0.2, 0.25) is 4.77 Å². The van der Waals surface area contributed by atoms with Gasteiger partial charge in [-0.25, -0.2) is 4.68 Å². The van der Waals surface area contributed by atoms with Crippen LogP contribution >= 0.6 is 23.8 Å². The van der Waals surface area contributed by atoms with Crippen molar-refractivity contribution in [1.29, 1.82) is 0 Å². The molecule has 0 atom stereocenters. The van der Waals surface area contributed by atoms with E-state index >= 15 is 0 Å². The quantitative estimate of drug-likeness (QED) is 0.456. The Bertz CT molecular complexity index is 1010. The lowest BCUT2D eigenvalue weighted by Crippen LogP contribution is -2.17. The molecule has 0 spiro atoms. The summed E-state index contributed by atoms with van der Waals surface area (Å²) in [6.45, 7) is 5.08. The predicted molar refractivity (Wildman–Crippen MR) is 118 cm³/mol. The lowest BCUT2D eigenvalue weighted by atomic mass is 10.1. The zero-order chi connectivity index (χ0) is 20.8. The largest absolute Gasteiger partial charge is 0.493 e. The summed E-state index contributed by atoms with van der Waals surface area (Å²) >= 11 is 11.8. The predicted octanol–water partition coefficient (Wildman–Crippen LogP) is 5.19. The Labute approximate surface area is 180 Å². The second kappa shape index (κ2) is 9.80. The molecule has 154 valence electrons. The highest BCUT2D eigenvalue weighted by molar-refractivity contribution is 7.71. The number of rotatable bonds is 9. The summed E-state index contributed by atoms with van der Waals surface area (Å²) in [6.07, 6.45) is 1.81.